The molecule has 0 aliphatic rings. The van der Waals surface area contributed by atoms with E-state index in [-0.39, 0.29) is 0 Å². The van der Waals surface area contributed by atoms with Gasteiger partial charge in [-0.05, 0) is 25.1 Å². The predicted molar refractivity (Wildman–Crippen MR) is 74.6 cm³/mol. The normalized spacial score (nSPS) is 10.7. The first kappa shape index (κ1) is 15.9. The Bertz CT molecular complexity index is 359. The van der Waals surface area contributed by atoms with Crippen LogP contribution in [0, 0.1) is 0 Å². The number of nitrogens with zero attached hydrogens (tertiary/aromatic N) is 1. The summed E-state index contributed by atoms with van der Waals surface area (Å²) < 4.78 is 15.8. The van der Waals surface area contributed by atoms with Crippen molar-refractivity contribution in [3.05, 3.63) is 23.4 Å². The summed E-state index contributed by atoms with van der Waals surface area (Å²) in [7, 11) is 3.58. The lowest BCUT2D eigenvalue weighted by Crippen LogP contribution is -2.12. The minimum atomic E-state index is 0.503. The van der Waals surface area contributed by atoms with Crippen molar-refractivity contribution in [1.29, 1.82) is 0 Å². The topological polar surface area (TPSA) is 52.6 Å². The van der Waals surface area contributed by atoms with Gasteiger partial charge in [-0.25, -0.2) is 4.98 Å². The summed E-state index contributed by atoms with van der Waals surface area (Å²) in [6.07, 6.45) is 0.901. The third kappa shape index (κ3) is 6.52. The summed E-state index contributed by atoms with van der Waals surface area (Å²) in [6, 6.07) is 4.06. The summed E-state index contributed by atoms with van der Waals surface area (Å²) in [4.78, 5) is 4.44. The van der Waals surface area contributed by atoms with Crippen LogP contribution in [-0.2, 0) is 22.4 Å². The molecular weight excluding hydrogens is 244 g/mol. The summed E-state index contributed by atoms with van der Waals surface area (Å²) in [6.45, 7) is 5.15. The van der Waals surface area contributed by atoms with E-state index in [0.29, 0.717) is 32.3 Å². The van der Waals surface area contributed by atoms with Crippen molar-refractivity contribution in [2.45, 2.75) is 19.9 Å². The van der Waals surface area contributed by atoms with Crippen LogP contribution in [0.3, 0.4) is 0 Å². The molecule has 0 fully saturated rings. The van der Waals surface area contributed by atoms with Gasteiger partial charge in [-0.2, -0.15) is 0 Å². The molecule has 108 valence electrons. The number of nitrogens with one attached hydrogen (secondary N) is 1. The van der Waals surface area contributed by atoms with Crippen molar-refractivity contribution >= 4 is 0 Å². The number of methoxy groups -OCH3 is 1. The molecule has 19 heavy (non-hydrogen) atoms. The second-order valence-electron chi connectivity index (χ2n) is 4.14. The molecule has 0 unspecified atom stereocenters. The Morgan fingerprint density at radius 3 is 2.63 bits per heavy atom. The van der Waals surface area contributed by atoms with E-state index in [1.54, 1.807) is 7.11 Å². The van der Waals surface area contributed by atoms with Crippen molar-refractivity contribution in [3.63, 3.8) is 0 Å². The van der Waals surface area contributed by atoms with E-state index in [9.17, 15) is 0 Å². The average Bonchev–Trinajstić information content (AvgIpc) is 2.43. The van der Waals surface area contributed by atoms with E-state index in [4.69, 9.17) is 14.2 Å². The Labute approximate surface area is 115 Å². The largest absolute Gasteiger partial charge is 0.475 e. The fourth-order valence-electron chi connectivity index (χ4n) is 1.63. The lowest BCUT2D eigenvalue weighted by atomic mass is 10.2. The van der Waals surface area contributed by atoms with E-state index < -0.39 is 0 Å². The van der Waals surface area contributed by atoms with E-state index in [2.05, 4.69) is 23.3 Å². The Morgan fingerprint density at radius 2 is 1.95 bits per heavy atom. The molecule has 1 N–H and O–H groups in total. The van der Waals surface area contributed by atoms with E-state index in [0.717, 1.165) is 18.7 Å². The molecule has 0 bridgehead atoms. The van der Waals surface area contributed by atoms with Gasteiger partial charge in [0.05, 0.1) is 19.8 Å². The molecule has 1 aromatic heterocycles. The maximum atomic E-state index is 5.61. The van der Waals surface area contributed by atoms with Gasteiger partial charge in [0.25, 0.3) is 0 Å². The standard InChI is InChI=1S/C14H24N2O3/c1-4-13-9-12(11-15-2)10-14(16-13)19-8-7-18-6-5-17-3/h9-10,15H,4-8,11H2,1-3H3. The monoisotopic (exact) mass is 268 g/mol. The van der Waals surface area contributed by atoms with Crippen LogP contribution >= 0.6 is 0 Å². The molecule has 0 amide bonds. The smallest absolute Gasteiger partial charge is 0.213 e. The van der Waals surface area contributed by atoms with Gasteiger partial charge < -0.3 is 19.5 Å². The number of hydrogen-bond donors (Lipinski definition) is 1. The third-order valence-electron chi connectivity index (χ3n) is 2.57. The molecule has 0 spiro atoms. The number of aromatic nitrogens is 1. The average molecular weight is 268 g/mol. The van der Waals surface area contributed by atoms with Crippen molar-refractivity contribution in [1.82, 2.24) is 10.3 Å². The molecule has 0 aliphatic carbocycles. The van der Waals surface area contributed by atoms with Gasteiger partial charge in [0, 0.05) is 25.4 Å². The lowest BCUT2D eigenvalue weighted by molar-refractivity contribution is 0.0536. The maximum Gasteiger partial charge on any atom is 0.213 e. The van der Waals surface area contributed by atoms with Gasteiger partial charge in [0.2, 0.25) is 5.88 Å². The van der Waals surface area contributed by atoms with Crippen LogP contribution in [0.2, 0.25) is 0 Å². The third-order valence-corrected chi connectivity index (χ3v) is 2.57. The molecule has 0 aromatic carbocycles. The van der Waals surface area contributed by atoms with E-state index >= 15 is 0 Å². The summed E-state index contributed by atoms with van der Waals surface area (Å²) in [5.41, 5.74) is 2.23. The fourth-order valence-corrected chi connectivity index (χ4v) is 1.63. The second kappa shape index (κ2) is 9.72. The molecule has 1 rings (SSSR count). The van der Waals surface area contributed by atoms with Gasteiger partial charge in [-0.15, -0.1) is 0 Å². The minimum Gasteiger partial charge on any atom is -0.475 e. The Balaban J connectivity index is 2.41. The molecule has 5 heteroatoms. The highest BCUT2D eigenvalue weighted by molar-refractivity contribution is 5.25. The number of hydrogen-bond acceptors (Lipinski definition) is 5. The van der Waals surface area contributed by atoms with Gasteiger partial charge >= 0.3 is 0 Å². The van der Waals surface area contributed by atoms with Crippen LogP contribution < -0.4 is 10.1 Å². The van der Waals surface area contributed by atoms with E-state index in [1.165, 1.54) is 5.56 Å². The minimum absolute atomic E-state index is 0.503. The zero-order valence-corrected chi connectivity index (χ0v) is 12.1. The highest BCUT2D eigenvalue weighted by Gasteiger charge is 2.02. The van der Waals surface area contributed by atoms with Crippen LogP contribution in [0.5, 0.6) is 5.88 Å². The number of rotatable bonds is 10. The summed E-state index contributed by atoms with van der Waals surface area (Å²) in [5, 5.41) is 3.13. The molecule has 5 nitrogen and oxygen atoms in total. The van der Waals surface area contributed by atoms with Crippen molar-refractivity contribution in [3.8, 4) is 5.88 Å². The molecular formula is C14H24N2O3. The van der Waals surface area contributed by atoms with Crippen LogP contribution in [0.4, 0.5) is 0 Å². The Morgan fingerprint density at radius 1 is 1.16 bits per heavy atom. The maximum absolute atomic E-state index is 5.61. The highest BCUT2D eigenvalue weighted by atomic mass is 16.5. The highest BCUT2D eigenvalue weighted by Crippen LogP contribution is 2.13. The molecule has 0 saturated carbocycles. The van der Waals surface area contributed by atoms with E-state index in [1.807, 2.05) is 13.1 Å². The predicted octanol–water partition coefficient (Wildman–Crippen LogP) is 1.41. The van der Waals surface area contributed by atoms with Crippen LogP contribution in [0.25, 0.3) is 0 Å². The fraction of sp³-hybridized carbons (Fsp3) is 0.643. The zero-order valence-electron chi connectivity index (χ0n) is 12.1. The Hall–Kier alpha value is -1.17. The van der Waals surface area contributed by atoms with Crippen molar-refractivity contribution in [2.75, 3.05) is 40.6 Å². The summed E-state index contributed by atoms with van der Waals surface area (Å²) >= 11 is 0. The number of pyridine rings is 1. The first-order valence-electron chi connectivity index (χ1n) is 6.64. The van der Waals surface area contributed by atoms with Crippen LogP contribution in [0.15, 0.2) is 12.1 Å². The molecule has 0 aliphatic heterocycles. The molecule has 0 radical (unpaired) electrons. The first-order chi connectivity index (χ1) is 9.30. The SMILES string of the molecule is CCc1cc(CNC)cc(OCCOCCOC)n1. The van der Waals surface area contributed by atoms with Gasteiger partial charge in [-0.3, -0.25) is 0 Å². The molecule has 1 aromatic rings. The van der Waals surface area contributed by atoms with Crippen molar-refractivity contribution < 1.29 is 14.2 Å². The molecule has 0 saturated heterocycles. The zero-order chi connectivity index (χ0) is 13.9. The number of aryl methyl sites for hydroxylation is 1. The van der Waals surface area contributed by atoms with Gasteiger partial charge in [0.1, 0.15) is 6.61 Å². The molecule has 1 heterocycles. The number of ether oxygens (including phenoxy) is 3. The summed E-state index contributed by atoms with van der Waals surface area (Å²) in [5.74, 6) is 0.667. The Kier molecular flexibility index (Phi) is 8.13. The van der Waals surface area contributed by atoms with Crippen molar-refractivity contribution in [2.24, 2.45) is 0 Å². The van der Waals surface area contributed by atoms with Gasteiger partial charge in [0.15, 0.2) is 0 Å². The first-order valence-corrected chi connectivity index (χ1v) is 6.64. The van der Waals surface area contributed by atoms with Crippen LogP contribution in [0.1, 0.15) is 18.2 Å². The van der Waals surface area contributed by atoms with Gasteiger partial charge in [-0.1, -0.05) is 6.92 Å². The second-order valence-corrected chi connectivity index (χ2v) is 4.14. The quantitative estimate of drug-likeness (QED) is 0.650. The molecule has 0 atom stereocenters. The lowest BCUT2D eigenvalue weighted by Gasteiger charge is -2.10. The van der Waals surface area contributed by atoms with Crippen LogP contribution in [-0.4, -0.2) is 45.6 Å².